The maximum absolute atomic E-state index is 8.67. The summed E-state index contributed by atoms with van der Waals surface area (Å²) < 4.78 is 5.75. The molecule has 6 heteroatoms. The van der Waals surface area contributed by atoms with Gasteiger partial charge in [0.25, 0.3) is 0 Å². The number of aromatic nitrogens is 1. The van der Waals surface area contributed by atoms with Gasteiger partial charge in [0.15, 0.2) is 5.84 Å². The fourth-order valence-electron chi connectivity index (χ4n) is 2.34. The first-order valence-corrected chi connectivity index (χ1v) is 6.73. The average Bonchev–Trinajstić information content (AvgIpc) is 2.77. The molecular weight excluding hydrogens is 268 g/mol. The number of benzene rings is 1. The van der Waals surface area contributed by atoms with Crippen LogP contribution in [0.4, 0.5) is 11.4 Å². The lowest BCUT2D eigenvalue weighted by atomic mass is 10.2. The van der Waals surface area contributed by atoms with Crippen molar-refractivity contribution in [2.24, 2.45) is 10.9 Å². The summed E-state index contributed by atoms with van der Waals surface area (Å²) in [7, 11) is 0. The molecule has 108 valence electrons. The Labute approximate surface area is 122 Å². The van der Waals surface area contributed by atoms with Crippen LogP contribution in [-0.2, 0) is 0 Å². The molecule has 2 heterocycles. The molecule has 0 fully saturated rings. The van der Waals surface area contributed by atoms with E-state index in [4.69, 9.17) is 15.7 Å². The predicted molar refractivity (Wildman–Crippen MR) is 80.3 cm³/mol. The summed E-state index contributed by atoms with van der Waals surface area (Å²) >= 11 is 0. The van der Waals surface area contributed by atoms with Crippen LogP contribution in [0.2, 0.25) is 0 Å². The summed E-state index contributed by atoms with van der Waals surface area (Å²) in [5.74, 6) is 0.872. The van der Waals surface area contributed by atoms with Crippen LogP contribution in [-0.4, -0.2) is 29.2 Å². The lowest BCUT2D eigenvalue weighted by Crippen LogP contribution is -2.19. The molecule has 0 bridgehead atoms. The average molecular weight is 284 g/mol. The molecule has 0 amide bonds. The largest absolute Gasteiger partial charge is 0.491 e. The summed E-state index contributed by atoms with van der Waals surface area (Å²) in [6, 6.07) is 11.6. The standard InChI is InChI=1S/C15H16N4O2/c16-15(18-20)12-7-6-11(10-17-12)19-8-3-9-21-14-5-2-1-4-13(14)19/h1-2,4-7,10,20H,3,8-9H2,(H2,16,18). The molecule has 2 aromatic rings. The Bertz CT molecular complexity index is 655. The van der Waals surface area contributed by atoms with Crippen LogP contribution in [0, 0.1) is 0 Å². The second-order valence-corrected chi connectivity index (χ2v) is 4.71. The van der Waals surface area contributed by atoms with Crippen molar-refractivity contribution in [3.63, 3.8) is 0 Å². The van der Waals surface area contributed by atoms with Gasteiger partial charge in [-0.15, -0.1) is 0 Å². The molecule has 1 aliphatic heterocycles. The number of pyridine rings is 1. The maximum Gasteiger partial charge on any atom is 0.188 e. The highest BCUT2D eigenvalue weighted by molar-refractivity contribution is 5.95. The summed E-state index contributed by atoms with van der Waals surface area (Å²) in [6.45, 7) is 1.55. The number of para-hydroxylation sites is 2. The zero-order chi connectivity index (χ0) is 14.7. The van der Waals surface area contributed by atoms with E-state index in [2.05, 4.69) is 15.0 Å². The Hall–Kier alpha value is -2.76. The van der Waals surface area contributed by atoms with Crippen LogP contribution in [0.15, 0.2) is 47.8 Å². The molecule has 0 atom stereocenters. The van der Waals surface area contributed by atoms with Gasteiger partial charge >= 0.3 is 0 Å². The van der Waals surface area contributed by atoms with E-state index in [9.17, 15) is 0 Å². The van der Waals surface area contributed by atoms with Crippen molar-refractivity contribution in [2.45, 2.75) is 6.42 Å². The zero-order valence-corrected chi connectivity index (χ0v) is 11.4. The van der Waals surface area contributed by atoms with Gasteiger partial charge in [0, 0.05) is 6.54 Å². The van der Waals surface area contributed by atoms with Gasteiger partial charge in [0.05, 0.1) is 24.2 Å². The van der Waals surface area contributed by atoms with Gasteiger partial charge in [0.2, 0.25) is 0 Å². The molecule has 0 aliphatic carbocycles. The highest BCUT2D eigenvalue weighted by Crippen LogP contribution is 2.35. The van der Waals surface area contributed by atoms with Crippen molar-refractivity contribution >= 4 is 17.2 Å². The Balaban J connectivity index is 1.96. The summed E-state index contributed by atoms with van der Waals surface area (Å²) in [6.07, 6.45) is 2.64. The predicted octanol–water partition coefficient (Wildman–Crippen LogP) is 2.10. The molecular formula is C15H16N4O2. The number of nitrogens with zero attached hydrogens (tertiary/aromatic N) is 3. The van der Waals surface area contributed by atoms with Crippen molar-refractivity contribution in [3.05, 3.63) is 48.3 Å². The van der Waals surface area contributed by atoms with E-state index < -0.39 is 0 Å². The lowest BCUT2D eigenvalue weighted by molar-refractivity contribution is 0.318. The molecule has 3 N–H and O–H groups in total. The fourth-order valence-corrected chi connectivity index (χ4v) is 2.34. The highest BCUT2D eigenvalue weighted by Gasteiger charge is 2.17. The summed E-state index contributed by atoms with van der Waals surface area (Å²) in [5.41, 5.74) is 7.94. The zero-order valence-electron chi connectivity index (χ0n) is 11.4. The number of amidine groups is 1. The van der Waals surface area contributed by atoms with Crippen molar-refractivity contribution in [1.82, 2.24) is 4.98 Å². The van der Waals surface area contributed by atoms with Gasteiger partial charge in [-0.2, -0.15) is 0 Å². The SMILES string of the molecule is N/C(=N/O)c1ccc(N2CCCOc3ccccc32)cn1. The molecule has 1 aromatic heterocycles. The number of anilines is 2. The van der Waals surface area contributed by atoms with Gasteiger partial charge in [-0.3, -0.25) is 4.98 Å². The van der Waals surface area contributed by atoms with E-state index in [1.807, 2.05) is 30.3 Å². The van der Waals surface area contributed by atoms with Crippen molar-refractivity contribution in [2.75, 3.05) is 18.1 Å². The van der Waals surface area contributed by atoms with E-state index in [1.165, 1.54) is 0 Å². The molecule has 0 unspecified atom stereocenters. The number of hydrogen-bond donors (Lipinski definition) is 2. The topological polar surface area (TPSA) is 84.0 Å². The number of ether oxygens (including phenoxy) is 1. The first-order valence-electron chi connectivity index (χ1n) is 6.73. The number of nitrogens with two attached hydrogens (primary N) is 1. The van der Waals surface area contributed by atoms with Crippen LogP contribution in [0.5, 0.6) is 5.75 Å². The Morgan fingerprint density at radius 1 is 1.29 bits per heavy atom. The molecule has 0 saturated heterocycles. The van der Waals surface area contributed by atoms with Gasteiger partial charge in [-0.05, 0) is 30.7 Å². The third kappa shape index (κ3) is 2.60. The maximum atomic E-state index is 8.67. The summed E-state index contributed by atoms with van der Waals surface area (Å²) in [4.78, 5) is 6.39. The number of hydrogen-bond acceptors (Lipinski definition) is 5. The quantitative estimate of drug-likeness (QED) is 0.382. The van der Waals surface area contributed by atoms with Crippen LogP contribution in [0.1, 0.15) is 12.1 Å². The Kier molecular flexibility index (Phi) is 3.59. The molecule has 1 aliphatic rings. The van der Waals surface area contributed by atoms with Crippen molar-refractivity contribution < 1.29 is 9.94 Å². The second kappa shape index (κ2) is 5.70. The van der Waals surface area contributed by atoms with Gasteiger partial charge in [-0.1, -0.05) is 17.3 Å². The summed E-state index contributed by atoms with van der Waals surface area (Å²) in [5, 5.41) is 11.6. The van der Waals surface area contributed by atoms with E-state index in [0.29, 0.717) is 12.3 Å². The third-order valence-corrected chi connectivity index (χ3v) is 3.37. The Morgan fingerprint density at radius 3 is 2.90 bits per heavy atom. The normalized spacial score (nSPS) is 15.0. The van der Waals surface area contributed by atoms with Crippen LogP contribution >= 0.6 is 0 Å². The van der Waals surface area contributed by atoms with E-state index in [-0.39, 0.29) is 5.84 Å². The highest BCUT2D eigenvalue weighted by atomic mass is 16.5. The van der Waals surface area contributed by atoms with Crippen molar-refractivity contribution in [1.29, 1.82) is 0 Å². The molecule has 1 aromatic carbocycles. The van der Waals surface area contributed by atoms with E-state index >= 15 is 0 Å². The number of fused-ring (bicyclic) bond motifs is 1. The minimum Gasteiger partial charge on any atom is -0.491 e. The molecule has 0 saturated carbocycles. The van der Waals surface area contributed by atoms with Gasteiger partial charge in [-0.25, -0.2) is 0 Å². The van der Waals surface area contributed by atoms with E-state index in [0.717, 1.165) is 30.1 Å². The molecule has 21 heavy (non-hydrogen) atoms. The first kappa shape index (κ1) is 13.2. The molecule has 0 radical (unpaired) electrons. The van der Waals surface area contributed by atoms with Crippen LogP contribution < -0.4 is 15.4 Å². The monoisotopic (exact) mass is 284 g/mol. The number of oxime groups is 1. The first-order chi connectivity index (χ1) is 10.3. The minimum atomic E-state index is 0.00106. The second-order valence-electron chi connectivity index (χ2n) is 4.71. The Morgan fingerprint density at radius 2 is 2.14 bits per heavy atom. The van der Waals surface area contributed by atoms with Crippen molar-refractivity contribution in [3.8, 4) is 5.75 Å². The number of rotatable bonds is 2. The van der Waals surface area contributed by atoms with Gasteiger partial charge in [0.1, 0.15) is 11.4 Å². The smallest absolute Gasteiger partial charge is 0.188 e. The van der Waals surface area contributed by atoms with Crippen LogP contribution in [0.3, 0.4) is 0 Å². The van der Waals surface area contributed by atoms with E-state index in [1.54, 1.807) is 12.3 Å². The molecule has 6 nitrogen and oxygen atoms in total. The molecule has 3 rings (SSSR count). The fraction of sp³-hybridized carbons (Fsp3) is 0.200. The minimum absolute atomic E-state index is 0.00106. The lowest BCUT2D eigenvalue weighted by Gasteiger charge is -2.23. The van der Waals surface area contributed by atoms with Crippen LogP contribution in [0.25, 0.3) is 0 Å². The molecule has 0 spiro atoms. The van der Waals surface area contributed by atoms with Gasteiger partial charge < -0.3 is 20.6 Å². The third-order valence-electron chi connectivity index (χ3n) is 3.37.